The summed E-state index contributed by atoms with van der Waals surface area (Å²) in [6, 6.07) is 16.0. The summed E-state index contributed by atoms with van der Waals surface area (Å²) >= 11 is 1.47. The van der Waals surface area contributed by atoms with Crippen molar-refractivity contribution in [3.8, 4) is 11.4 Å². The summed E-state index contributed by atoms with van der Waals surface area (Å²) in [5.41, 5.74) is 2.93. The first-order valence-electron chi connectivity index (χ1n) is 10.3. The van der Waals surface area contributed by atoms with Gasteiger partial charge in [-0.05, 0) is 57.2 Å². The van der Waals surface area contributed by atoms with Crippen molar-refractivity contribution in [2.45, 2.75) is 38.1 Å². The van der Waals surface area contributed by atoms with Crippen LogP contribution in [0.15, 0.2) is 53.7 Å². The number of ether oxygens (including phenoxy) is 2. The topological polar surface area (TPSA) is 56.6 Å². The lowest BCUT2D eigenvalue weighted by molar-refractivity contribution is -0.140. The van der Waals surface area contributed by atoms with Crippen LogP contribution in [0.2, 0.25) is 0 Å². The number of carbonyl (C=O) groups excluding carboxylic acids is 1. The van der Waals surface area contributed by atoms with E-state index in [2.05, 4.69) is 10.6 Å². The van der Waals surface area contributed by atoms with Gasteiger partial charge >= 0.3 is 0 Å². The number of hydrogen-bond acceptors (Lipinski definition) is 5. The molecular formula is C23H27N3O3S. The summed E-state index contributed by atoms with van der Waals surface area (Å²) in [4.78, 5) is 19.5. The van der Waals surface area contributed by atoms with Gasteiger partial charge in [0.25, 0.3) is 0 Å². The Labute approximate surface area is 181 Å². The number of morpholine rings is 1. The van der Waals surface area contributed by atoms with E-state index in [0.29, 0.717) is 25.4 Å². The molecule has 0 spiro atoms. The third kappa shape index (κ3) is 4.47. The molecule has 0 radical (unpaired) electrons. The summed E-state index contributed by atoms with van der Waals surface area (Å²) in [5, 5.41) is 0.808. The predicted octanol–water partition coefficient (Wildman–Crippen LogP) is 4.15. The summed E-state index contributed by atoms with van der Waals surface area (Å²) in [6.45, 7) is 7.90. The molecule has 0 N–H and O–H groups in total. The Morgan fingerprint density at radius 2 is 1.83 bits per heavy atom. The smallest absolute Gasteiger partial charge is 0.233 e. The number of fused-ring (bicyclic) bond motifs is 1. The zero-order valence-electron chi connectivity index (χ0n) is 17.6. The highest BCUT2D eigenvalue weighted by Gasteiger charge is 2.26. The van der Waals surface area contributed by atoms with Crippen molar-refractivity contribution in [2.24, 2.45) is 0 Å². The summed E-state index contributed by atoms with van der Waals surface area (Å²) < 4.78 is 13.4. The van der Waals surface area contributed by atoms with Crippen LogP contribution >= 0.6 is 11.8 Å². The summed E-state index contributed by atoms with van der Waals surface area (Å²) in [7, 11) is 0. The minimum Gasteiger partial charge on any atom is -0.494 e. The predicted molar refractivity (Wildman–Crippen MR) is 120 cm³/mol. The molecule has 7 heteroatoms. The molecule has 30 heavy (non-hydrogen) atoms. The molecule has 1 aliphatic heterocycles. The largest absolute Gasteiger partial charge is 0.494 e. The number of imidazole rings is 1. The lowest BCUT2D eigenvalue weighted by atomic mass is 10.2. The highest BCUT2D eigenvalue weighted by Crippen LogP contribution is 2.29. The Bertz CT molecular complexity index is 1010. The molecule has 3 aromatic rings. The minimum absolute atomic E-state index is 0.0659. The number of amides is 1. The second-order valence-corrected chi connectivity index (χ2v) is 8.43. The fourth-order valence-electron chi connectivity index (χ4n) is 3.81. The Balaban J connectivity index is 1.58. The molecule has 4 rings (SSSR count). The number of carbonyl (C=O) groups is 1. The quantitative estimate of drug-likeness (QED) is 0.555. The van der Waals surface area contributed by atoms with Gasteiger partial charge in [0, 0.05) is 18.8 Å². The van der Waals surface area contributed by atoms with Gasteiger partial charge in [-0.2, -0.15) is 0 Å². The molecule has 1 aliphatic rings. The second-order valence-electron chi connectivity index (χ2n) is 7.49. The Hall–Kier alpha value is -2.51. The highest BCUT2D eigenvalue weighted by molar-refractivity contribution is 7.99. The molecular weight excluding hydrogens is 398 g/mol. The third-order valence-corrected chi connectivity index (χ3v) is 5.96. The first-order chi connectivity index (χ1) is 14.5. The molecule has 0 aliphatic carbocycles. The van der Waals surface area contributed by atoms with Gasteiger partial charge < -0.3 is 14.4 Å². The second kappa shape index (κ2) is 9.10. The molecule has 0 unspecified atom stereocenters. The summed E-state index contributed by atoms with van der Waals surface area (Å²) in [5.74, 6) is 1.30. The number of para-hydroxylation sites is 2. The van der Waals surface area contributed by atoms with Gasteiger partial charge in [0.15, 0.2) is 5.16 Å². The maximum Gasteiger partial charge on any atom is 0.233 e. The Morgan fingerprint density at radius 1 is 1.13 bits per heavy atom. The van der Waals surface area contributed by atoms with E-state index < -0.39 is 0 Å². The molecule has 1 amide bonds. The third-order valence-electron chi connectivity index (χ3n) is 5.03. The molecule has 0 saturated carbocycles. The normalized spacial score (nSPS) is 19.2. The number of benzene rings is 2. The van der Waals surface area contributed by atoms with Crippen molar-refractivity contribution < 1.29 is 14.3 Å². The molecule has 2 heterocycles. The van der Waals surface area contributed by atoms with E-state index in [1.54, 1.807) is 0 Å². The van der Waals surface area contributed by atoms with E-state index in [4.69, 9.17) is 14.5 Å². The van der Waals surface area contributed by atoms with Crippen molar-refractivity contribution in [2.75, 3.05) is 25.4 Å². The number of aromatic nitrogens is 2. The highest BCUT2D eigenvalue weighted by atomic mass is 32.2. The van der Waals surface area contributed by atoms with Gasteiger partial charge in [-0.15, -0.1) is 0 Å². The summed E-state index contributed by atoms with van der Waals surface area (Å²) in [6.07, 6.45) is 0.132. The number of rotatable bonds is 6. The van der Waals surface area contributed by atoms with Crippen molar-refractivity contribution in [3.63, 3.8) is 0 Å². The van der Waals surface area contributed by atoms with Crippen molar-refractivity contribution in [1.29, 1.82) is 0 Å². The minimum atomic E-state index is 0.0659. The maximum atomic E-state index is 12.8. The van der Waals surface area contributed by atoms with Gasteiger partial charge in [0.05, 0.1) is 35.6 Å². The SMILES string of the molecule is CCOc1ccc(-n2c(SCC(=O)N3C[C@@H](C)O[C@@H](C)C3)nc3ccccc32)cc1. The number of thioether (sulfide) groups is 1. The first kappa shape index (κ1) is 20.8. The molecule has 0 bridgehead atoms. The Kier molecular flexibility index (Phi) is 6.29. The number of hydrogen-bond donors (Lipinski definition) is 0. The van der Waals surface area contributed by atoms with Crippen LogP contribution in [0, 0.1) is 0 Å². The van der Waals surface area contributed by atoms with Gasteiger partial charge in [-0.25, -0.2) is 4.98 Å². The molecule has 158 valence electrons. The van der Waals surface area contributed by atoms with Crippen LogP contribution in [0.25, 0.3) is 16.7 Å². The van der Waals surface area contributed by atoms with Crippen LogP contribution < -0.4 is 4.74 Å². The lowest BCUT2D eigenvalue weighted by Gasteiger charge is -2.35. The average molecular weight is 426 g/mol. The molecule has 1 fully saturated rings. The molecule has 2 aromatic carbocycles. The fourth-order valence-corrected chi connectivity index (χ4v) is 4.74. The molecule has 1 aromatic heterocycles. The van der Waals surface area contributed by atoms with Crippen LogP contribution in [-0.4, -0.2) is 58.0 Å². The van der Waals surface area contributed by atoms with Gasteiger partial charge in [-0.1, -0.05) is 23.9 Å². The van der Waals surface area contributed by atoms with E-state index >= 15 is 0 Å². The maximum absolute atomic E-state index is 12.8. The van der Waals surface area contributed by atoms with Crippen LogP contribution in [0.3, 0.4) is 0 Å². The van der Waals surface area contributed by atoms with Crippen LogP contribution in [0.4, 0.5) is 0 Å². The first-order valence-corrected chi connectivity index (χ1v) is 11.3. The van der Waals surface area contributed by atoms with Crippen LogP contribution in [-0.2, 0) is 9.53 Å². The molecule has 2 atom stereocenters. The standard InChI is InChI=1S/C23H27N3O3S/c1-4-28-19-11-9-18(10-12-19)26-21-8-6-5-7-20(21)24-23(26)30-15-22(27)25-13-16(2)29-17(3)14-25/h5-12,16-17H,4,13-15H2,1-3H3/t16-,17+. The zero-order chi connectivity index (χ0) is 21.1. The lowest BCUT2D eigenvalue weighted by Crippen LogP contribution is -2.48. The van der Waals surface area contributed by atoms with Crippen LogP contribution in [0.5, 0.6) is 5.75 Å². The zero-order valence-corrected chi connectivity index (χ0v) is 18.4. The monoisotopic (exact) mass is 425 g/mol. The van der Waals surface area contributed by atoms with Crippen LogP contribution in [0.1, 0.15) is 20.8 Å². The van der Waals surface area contributed by atoms with Gasteiger partial charge in [-0.3, -0.25) is 9.36 Å². The van der Waals surface area contributed by atoms with Gasteiger partial charge in [0.1, 0.15) is 5.75 Å². The fraction of sp³-hybridized carbons (Fsp3) is 0.391. The van der Waals surface area contributed by atoms with E-state index in [1.165, 1.54) is 11.8 Å². The van der Waals surface area contributed by atoms with Gasteiger partial charge in [0.2, 0.25) is 5.91 Å². The molecule has 1 saturated heterocycles. The average Bonchev–Trinajstić information content (AvgIpc) is 3.10. The van der Waals surface area contributed by atoms with E-state index in [0.717, 1.165) is 27.6 Å². The van der Waals surface area contributed by atoms with E-state index in [1.807, 2.05) is 68.1 Å². The van der Waals surface area contributed by atoms with Crippen molar-refractivity contribution >= 4 is 28.7 Å². The van der Waals surface area contributed by atoms with Crippen molar-refractivity contribution in [1.82, 2.24) is 14.5 Å². The Morgan fingerprint density at radius 3 is 2.53 bits per heavy atom. The van der Waals surface area contributed by atoms with E-state index in [-0.39, 0.29) is 18.1 Å². The van der Waals surface area contributed by atoms with Crippen molar-refractivity contribution in [3.05, 3.63) is 48.5 Å². The molecule has 6 nitrogen and oxygen atoms in total. The number of nitrogens with zero attached hydrogens (tertiary/aromatic N) is 3. The van der Waals surface area contributed by atoms with E-state index in [9.17, 15) is 4.79 Å².